The van der Waals surface area contributed by atoms with Crippen molar-refractivity contribution in [2.24, 2.45) is 23.7 Å². The Balaban J connectivity index is 1.93. The van der Waals surface area contributed by atoms with Crippen LogP contribution < -0.4 is 0 Å². The molecule has 3 saturated carbocycles. The molecule has 6 unspecified atom stereocenters. The molecule has 1 nitrogen and oxygen atoms in total. The fourth-order valence-electron chi connectivity index (χ4n) is 6.31. The van der Waals surface area contributed by atoms with E-state index in [4.69, 9.17) is 0 Å². The Hall–Kier alpha value is -0.156. The number of hydrogen-bond donors (Lipinski definition) is 0. The van der Waals surface area contributed by atoms with Crippen LogP contribution in [0.4, 0.5) is 0 Å². The van der Waals surface area contributed by atoms with Gasteiger partial charge in [-0.3, -0.25) is 4.79 Å². The molecule has 3 heteroatoms. The quantitative estimate of drug-likeness (QED) is 0.554. The topological polar surface area (TPSA) is 17.1 Å². The highest BCUT2D eigenvalue weighted by atomic mass is 28.3. The molecular formula is C15H24OSi2. The zero-order valence-electron chi connectivity index (χ0n) is 12.4. The number of rotatable bonds is 2. The largest absolute Gasteiger partial charge is 0.299 e. The summed E-state index contributed by atoms with van der Waals surface area (Å²) in [6, 6.07) is 0. The molecule has 0 heterocycles. The van der Waals surface area contributed by atoms with Gasteiger partial charge in [0.15, 0.2) is 0 Å². The maximum absolute atomic E-state index is 13.4. The first-order chi connectivity index (χ1) is 8.13. The summed E-state index contributed by atoms with van der Waals surface area (Å²) in [7, 11) is -2.82. The van der Waals surface area contributed by atoms with Gasteiger partial charge in [0, 0.05) is 10.1 Å². The van der Waals surface area contributed by atoms with Crippen LogP contribution in [-0.2, 0) is 4.79 Å². The predicted octanol–water partition coefficient (Wildman–Crippen LogP) is 3.79. The first-order valence-corrected chi connectivity index (χ1v) is 14.4. The fourth-order valence-corrected chi connectivity index (χ4v) is 13.3. The van der Waals surface area contributed by atoms with Crippen molar-refractivity contribution in [1.82, 2.24) is 0 Å². The van der Waals surface area contributed by atoms with Gasteiger partial charge in [-0.05, 0) is 23.7 Å². The Kier molecular flexibility index (Phi) is 1.64. The minimum atomic E-state index is -1.41. The molecule has 4 rings (SSSR count). The van der Waals surface area contributed by atoms with E-state index in [2.05, 4.69) is 51.4 Å². The monoisotopic (exact) mass is 276 g/mol. The summed E-state index contributed by atoms with van der Waals surface area (Å²) in [4.78, 5) is 13.4. The van der Waals surface area contributed by atoms with Gasteiger partial charge in [0.1, 0.15) is 5.78 Å². The Morgan fingerprint density at radius 1 is 0.833 bits per heavy atom. The van der Waals surface area contributed by atoms with Crippen LogP contribution in [0, 0.1) is 23.7 Å². The van der Waals surface area contributed by atoms with E-state index < -0.39 is 16.1 Å². The molecule has 18 heavy (non-hydrogen) atoms. The van der Waals surface area contributed by atoms with Crippen LogP contribution in [0.3, 0.4) is 0 Å². The summed E-state index contributed by atoms with van der Waals surface area (Å²) in [6.07, 6.45) is 4.88. The lowest BCUT2D eigenvalue weighted by molar-refractivity contribution is -0.120. The minimum Gasteiger partial charge on any atom is -0.299 e. The maximum atomic E-state index is 13.4. The number of ketones is 1. The lowest BCUT2D eigenvalue weighted by Crippen LogP contribution is -2.44. The zero-order valence-corrected chi connectivity index (χ0v) is 14.4. The molecule has 0 aromatic rings. The Labute approximate surface area is 112 Å². The molecule has 98 valence electrons. The Morgan fingerprint density at radius 3 is 1.44 bits per heavy atom. The first-order valence-electron chi connectivity index (χ1n) is 7.36. The molecule has 0 aromatic carbocycles. The third-order valence-electron chi connectivity index (χ3n) is 6.80. The number of allylic oxidation sites excluding steroid dienone is 2. The molecule has 4 aliphatic rings. The van der Waals surface area contributed by atoms with E-state index in [1.165, 1.54) is 0 Å². The Bertz CT molecular complexity index is 466. The summed E-state index contributed by atoms with van der Waals surface area (Å²) in [6.45, 7) is 14.6. The van der Waals surface area contributed by atoms with Crippen molar-refractivity contribution in [2.45, 2.75) is 49.4 Å². The molecule has 0 saturated heterocycles. The third-order valence-corrected chi connectivity index (χ3v) is 13.6. The lowest BCUT2D eigenvalue weighted by atomic mass is 10.1. The molecule has 0 radical (unpaired) electrons. The van der Waals surface area contributed by atoms with Crippen molar-refractivity contribution >= 4 is 21.9 Å². The standard InChI is InChI=1S/C15H24OSi2/c1-17(2,3)14-9-7-8-10-12(11(9)14)15(10,13(14)16)18(4,5)6/h7-12H,1-6H3. The van der Waals surface area contributed by atoms with Gasteiger partial charge < -0.3 is 0 Å². The zero-order chi connectivity index (χ0) is 13.3. The van der Waals surface area contributed by atoms with Crippen LogP contribution in [0.1, 0.15) is 0 Å². The molecule has 0 bridgehead atoms. The van der Waals surface area contributed by atoms with Crippen LogP contribution >= 0.6 is 0 Å². The summed E-state index contributed by atoms with van der Waals surface area (Å²) in [5.74, 6) is 3.55. The summed E-state index contributed by atoms with van der Waals surface area (Å²) in [5.41, 5.74) is 0. The number of fused-ring (bicyclic) bond motifs is 2. The second kappa shape index (κ2) is 2.53. The van der Waals surface area contributed by atoms with E-state index in [9.17, 15) is 4.79 Å². The van der Waals surface area contributed by atoms with Gasteiger partial charge in [-0.2, -0.15) is 0 Å². The molecule has 0 aliphatic heterocycles. The summed E-state index contributed by atoms with van der Waals surface area (Å²) in [5, 5.41) is 0.308. The van der Waals surface area contributed by atoms with E-state index in [1.807, 2.05) is 0 Å². The maximum Gasteiger partial charge on any atom is 0.141 e. The molecule has 0 amide bonds. The minimum absolute atomic E-state index is 0.154. The molecule has 0 aromatic heterocycles. The van der Waals surface area contributed by atoms with Gasteiger partial charge in [0.25, 0.3) is 0 Å². The Morgan fingerprint density at radius 2 is 1.17 bits per heavy atom. The highest BCUT2D eigenvalue weighted by molar-refractivity contribution is 6.90. The predicted molar refractivity (Wildman–Crippen MR) is 80.2 cm³/mol. The average Bonchev–Trinajstić information content (AvgIpc) is 3.01. The van der Waals surface area contributed by atoms with Crippen LogP contribution in [0.2, 0.25) is 49.4 Å². The van der Waals surface area contributed by atoms with Gasteiger partial charge >= 0.3 is 0 Å². The normalized spacial score (nSPS) is 55.6. The van der Waals surface area contributed by atoms with E-state index in [0.29, 0.717) is 11.8 Å². The van der Waals surface area contributed by atoms with Crippen molar-refractivity contribution in [3.8, 4) is 0 Å². The van der Waals surface area contributed by atoms with Gasteiger partial charge in [-0.1, -0.05) is 51.4 Å². The van der Waals surface area contributed by atoms with E-state index in [0.717, 1.165) is 17.6 Å². The second-order valence-corrected chi connectivity index (χ2v) is 19.7. The van der Waals surface area contributed by atoms with Crippen LogP contribution in [0.5, 0.6) is 0 Å². The van der Waals surface area contributed by atoms with Crippen molar-refractivity contribution in [3.63, 3.8) is 0 Å². The number of carbonyl (C=O) groups excluding carboxylic acids is 1. The number of Topliss-reactive ketones (excluding diaryl/α,β-unsaturated/α-hetero) is 1. The van der Waals surface area contributed by atoms with Gasteiger partial charge in [-0.25, -0.2) is 0 Å². The van der Waals surface area contributed by atoms with Gasteiger partial charge in [0.05, 0.1) is 16.1 Å². The summed E-state index contributed by atoms with van der Waals surface area (Å²) < 4.78 is 0. The summed E-state index contributed by atoms with van der Waals surface area (Å²) >= 11 is 0. The van der Waals surface area contributed by atoms with Crippen LogP contribution in [0.15, 0.2) is 12.2 Å². The molecule has 0 N–H and O–H groups in total. The van der Waals surface area contributed by atoms with Gasteiger partial charge in [-0.15, -0.1) is 0 Å². The number of carbonyl (C=O) groups is 1. The van der Waals surface area contributed by atoms with Crippen molar-refractivity contribution in [3.05, 3.63) is 12.2 Å². The SMILES string of the molecule is C[Si](C)(C)C12C(=O)C3([Si](C)(C)C)C4C=CC1C2C43. The van der Waals surface area contributed by atoms with E-state index in [-0.39, 0.29) is 10.1 Å². The van der Waals surface area contributed by atoms with E-state index >= 15 is 0 Å². The highest BCUT2D eigenvalue weighted by Crippen LogP contribution is 2.97. The lowest BCUT2D eigenvalue weighted by Gasteiger charge is -2.35. The van der Waals surface area contributed by atoms with Crippen molar-refractivity contribution in [2.75, 3.05) is 0 Å². The smallest absolute Gasteiger partial charge is 0.141 e. The molecule has 4 aliphatic carbocycles. The second-order valence-electron chi connectivity index (χ2n) is 9.06. The van der Waals surface area contributed by atoms with Crippen molar-refractivity contribution < 1.29 is 4.79 Å². The molecule has 6 atom stereocenters. The molecular weight excluding hydrogens is 252 g/mol. The number of hydrogen-bond acceptors (Lipinski definition) is 1. The highest BCUT2D eigenvalue weighted by Gasteiger charge is 2.96. The van der Waals surface area contributed by atoms with E-state index in [1.54, 1.807) is 0 Å². The molecule has 0 spiro atoms. The third kappa shape index (κ3) is 0.781. The average molecular weight is 277 g/mol. The first kappa shape index (κ1) is 11.7. The fraction of sp³-hybridized carbons (Fsp3) is 0.800. The molecule has 3 fully saturated rings. The van der Waals surface area contributed by atoms with Crippen LogP contribution in [0.25, 0.3) is 0 Å². The van der Waals surface area contributed by atoms with Crippen LogP contribution in [-0.4, -0.2) is 21.9 Å². The van der Waals surface area contributed by atoms with Crippen molar-refractivity contribution in [1.29, 1.82) is 0 Å². The van der Waals surface area contributed by atoms with Gasteiger partial charge in [0.2, 0.25) is 0 Å².